The van der Waals surface area contributed by atoms with E-state index in [4.69, 9.17) is 28.9 Å². The Morgan fingerprint density at radius 3 is 2.11 bits per heavy atom. The summed E-state index contributed by atoms with van der Waals surface area (Å²) in [6.45, 7) is 6.80. The molecule has 1 aliphatic carbocycles. The molecular formula is C34H47Cl2N5O4. The highest BCUT2D eigenvalue weighted by Crippen LogP contribution is 2.39. The summed E-state index contributed by atoms with van der Waals surface area (Å²) in [6.07, 6.45) is 12.1. The molecule has 3 amide bonds. The summed E-state index contributed by atoms with van der Waals surface area (Å²) in [5.41, 5.74) is 8.46. The molecule has 1 aromatic carbocycles. The lowest BCUT2D eigenvalue weighted by Gasteiger charge is -2.42. The lowest BCUT2D eigenvalue weighted by Crippen LogP contribution is -2.45. The van der Waals surface area contributed by atoms with Crippen molar-refractivity contribution in [3.8, 4) is 0 Å². The van der Waals surface area contributed by atoms with Crippen molar-refractivity contribution in [1.29, 1.82) is 0 Å². The van der Waals surface area contributed by atoms with Crippen LogP contribution in [0.4, 0.5) is 4.79 Å². The van der Waals surface area contributed by atoms with Gasteiger partial charge in [-0.3, -0.25) is 14.7 Å². The van der Waals surface area contributed by atoms with Crippen molar-refractivity contribution in [3.63, 3.8) is 0 Å². The van der Waals surface area contributed by atoms with Crippen molar-refractivity contribution in [1.82, 2.24) is 14.7 Å². The minimum atomic E-state index is -0.919. The zero-order valence-electron chi connectivity index (χ0n) is 26.5. The highest BCUT2D eigenvalue weighted by atomic mass is 35.5. The van der Waals surface area contributed by atoms with Gasteiger partial charge in [-0.05, 0) is 111 Å². The maximum absolute atomic E-state index is 13.0. The maximum Gasteiger partial charge on any atom is 0.335 e. The molecule has 0 saturated carbocycles. The quantitative estimate of drug-likeness (QED) is 0.293. The van der Waals surface area contributed by atoms with E-state index in [-0.39, 0.29) is 18.0 Å². The third kappa shape index (κ3) is 9.33. The lowest BCUT2D eigenvalue weighted by molar-refractivity contribution is -0.134. The largest absolute Gasteiger partial charge is 0.478 e. The number of urea groups is 1. The molecule has 4 aliphatic rings. The number of carboxylic acid groups (broad SMARTS) is 1. The Hall–Kier alpha value is -2.88. The Balaban J connectivity index is 0.000000854. The molecule has 0 bridgehead atoms. The number of carboxylic acids is 1. The molecule has 3 aliphatic heterocycles. The van der Waals surface area contributed by atoms with Crippen molar-refractivity contribution in [2.45, 2.75) is 57.9 Å². The molecule has 5 rings (SSSR count). The first-order valence-electron chi connectivity index (χ1n) is 16.1. The third-order valence-corrected chi connectivity index (χ3v) is 10.3. The second-order valence-electron chi connectivity index (χ2n) is 12.6. The molecule has 0 radical (unpaired) electrons. The molecule has 1 aromatic rings. The van der Waals surface area contributed by atoms with Gasteiger partial charge in [0.2, 0.25) is 5.91 Å². The number of benzene rings is 1. The monoisotopic (exact) mass is 659 g/mol. The molecule has 11 heteroatoms. The van der Waals surface area contributed by atoms with E-state index in [0.29, 0.717) is 53.7 Å². The van der Waals surface area contributed by atoms with Gasteiger partial charge in [0.05, 0.1) is 17.5 Å². The van der Waals surface area contributed by atoms with Gasteiger partial charge in [0, 0.05) is 50.9 Å². The topological polar surface area (TPSA) is 120 Å². The van der Waals surface area contributed by atoms with Crippen LogP contribution in [-0.4, -0.2) is 96.1 Å². The lowest BCUT2D eigenvalue weighted by atomic mass is 9.78. The Morgan fingerprint density at radius 2 is 1.58 bits per heavy atom. The number of fused-ring (bicyclic) bond motifs is 1. The number of carbonyl (C=O) groups is 3. The van der Waals surface area contributed by atoms with Crippen molar-refractivity contribution in [3.05, 3.63) is 51.6 Å². The Kier molecular flexibility index (Phi) is 12.9. The number of nitrogens with two attached hydrogens (primary N) is 1. The molecule has 3 N–H and O–H groups in total. The second kappa shape index (κ2) is 16.6. The summed E-state index contributed by atoms with van der Waals surface area (Å²) >= 11 is 11.4. The van der Waals surface area contributed by atoms with E-state index < -0.39 is 5.97 Å². The fourth-order valence-electron chi connectivity index (χ4n) is 7.25. The number of rotatable bonds is 6. The number of likely N-dealkylation sites (tertiary alicyclic amines) is 3. The molecule has 3 fully saturated rings. The van der Waals surface area contributed by atoms with Gasteiger partial charge in [0.25, 0.3) is 0 Å². The molecule has 9 nitrogen and oxygen atoms in total. The van der Waals surface area contributed by atoms with Crippen LogP contribution in [0.1, 0.15) is 69.0 Å². The van der Waals surface area contributed by atoms with Crippen LogP contribution in [0.15, 0.2) is 40.4 Å². The summed E-state index contributed by atoms with van der Waals surface area (Å²) in [4.78, 5) is 46.1. The SMILES string of the molecule is CC1=CC(N2CCC(C3CCN(C(=O)CC4CCN(C(N)=O)CC4)CC3)CC2)c2ccc(Cl)cc2C=C1C(=O)O.CN=CCCl. The number of hydrogen-bond acceptors (Lipinski definition) is 5. The van der Waals surface area contributed by atoms with Gasteiger partial charge >= 0.3 is 12.0 Å². The predicted molar refractivity (Wildman–Crippen MR) is 181 cm³/mol. The molecule has 0 spiro atoms. The number of aliphatic imine (C=N–C) groups is 1. The zero-order chi connectivity index (χ0) is 32.5. The van der Waals surface area contributed by atoms with Crippen LogP contribution in [0.25, 0.3) is 6.08 Å². The van der Waals surface area contributed by atoms with E-state index in [1.807, 2.05) is 25.1 Å². The van der Waals surface area contributed by atoms with Gasteiger partial charge < -0.3 is 20.6 Å². The summed E-state index contributed by atoms with van der Waals surface area (Å²) in [5.74, 6) is 1.50. The summed E-state index contributed by atoms with van der Waals surface area (Å²) in [7, 11) is 1.70. The molecule has 45 heavy (non-hydrogen) atoms. The minimum absolute atomic E-state index is 0.0237. The van der Waals surface area contributed by atoms with E-state index in [1.54, 1.807) is 24.2 Å². The van der Waals surface area contributed by atoms with Crippen LogP contribution in [0, 0.1) is 17.8 Å². The van der Waals surface area contributed by atoms with Crippen LogP contribution >= 0.6 is 23.2 Å². The van der Waals surface area contributed by atoms with Gasteiger partial charge in [0.15, 0.2) is 0 Å². The summed E-state index contributed by atoms with van der Waals surface area (Å²) in [5, 5.41) is 10.4. The van der Waals surface area contributed by atoms with Crippen molar-refractivity contribution >= 4 is 53.4 Å². The Bertz CT molecular complexity index is 1290. The number of piperidine rings is 3. The van der Waals surface area contributed by atoms with Crippen molar-refractivity contribution in [2.24, 2.45) is 28.5 Å². The first kappa shape index (κ1) is 35.0. The zero-order valence-corrected chi connectivity index (χ0v) is 28.0. The normalized spacial score (nSPS) is 22.2. The summed E-state index contributed by atoms with van der Waals surface area (Å²) in [6, 6.07) is 5.45. The first-order valence-corrected chi connectivity index (χ1v) is 17.0. The average Bonchev–Trinajstić information content (AvgIpc) is 3.18. The second-order valence-corrected chi connectivity index (χ2v) is 13.3. The van der Waals surface area contributed by atoms with Crippen LogP contribution in [0.2, 0.25) is 5.02 Å². The van der Waals surface area contributed by atoms with Crippen LogP contribution in [0.5, 0.6) is 0 Å². The first-order chi connectivity index (χ1) is 21.6. The van der Waals surface area contributed by atoms with Crippen LogP contribution < -0.4 is 5.73 Å². The molecular weight excluding hydrogens is 613 g/mol. The average molecular weight is 661 g/mol. The Labute approximate surface area is 277 Å². The number of alkyl halides is 1. The van der Waals surface area contributed by atoms with E-state index >= 15 is 0 Å². The molecule has 3 heterocycles. The highest BCUT2D eigenvalue weighted by molar-refractivity contribution is 6.30. The number of aliphatic carboxylic acids is 1. The van der Waals surface area contributed by atoms with Gasteiger partial charge in [-0.2, -0.15) is 0 Å². The maximum atomic E-state index is 13.0. The third-order valence-electron chi connectivity index (χ3n) is 9.90. The number of halogens is 2. The number of primary amides is 1. The number of carbonyl (C=O) groups excluding carboxylic acids is 2. The van der Waals surface area contributed by atoms with Crippen molar-refractivity contribution < 1.29 is 19.5 Å². The van der Waals surface area contributed by atoms with Gasteiger partial charge in [-0.25, -0.2) is 9.59 Å². The highest BCUT2D eigenvalue weighted by Gasteiger charge is 2.34. The standard InChI is InChI=1S/C31H41ClN4O4.C3H6ClN/c1-20-16-28(26-3-2-25(32)18-24(26)19-27(20)30(38)39)34-12-6-22(7-13-34)23-8-14-35(15-9-23)29(37)17-21-4-10-36(11-5-21)31(33)40;1-5-3-2-4/h2-3,16,18-19,21-23,28H,4-15,17H2,1H3,(H2,33,40)(H,38,39);3H,2H2,1H3. The van der Waals surface area contributed by atoms with Gasteiger partial charge in [0.1, 0.15) is 0 Å². The number of amides is 3. The molecule has 1 atom stereocenters. The number of hydrogen-bond donors (Lipinski definition) is 2. The van der Waals surface area contributed by atoms with Crippen molar-refractivity contribution in [2.75, 3.05) is 52.2 Å². The fourth-order valence-corrected chi connectivity index (χ4v) is 7.57. The van der Waals surface area contributed by atoms with Gasteiger partial charge in [-0.15, -0.1) is 11.6 Å². The fraction of sp³-hybridized carbons (Fsp3) is 0.588. The molecule has 3 saturated heterocycles. The number of nitrogens with zero attached hydrogens (tertiary/aromatic N) is 4. The van der Waals surface area contributed by atoms with E-state index in [9.17, 15) is 19.5 Å². The van der Waals surface area contributed by atoms with Gasteiger partial charge in [-0.1, -0.05) is 23.7 Å². The molecule has 0 aromatic heterocycles. The van der Waals surface area contributed by atoms with E-state index in [1.165, 1.54) is 0 Å². The van der Waals surface area contributed by atoms with Crippen LogP contribution in [-0.2, 0) is 9.59 Å². The Morgan fingerprint density at radius 1 is 0.978 bits per heavy atom. The smallest absolute Gasteiger partial charge is 0.335 e. The minimum Gasteiger partial charge on any atom is -0.478 e. The predicted octanol–water partition coefficient (Wildman–Crippen LogP) is 5.87. The summed E-state index contributed by atoms with van der Waals surface area (Å²) < 4.78 is 0. The molecule has 1 unspecified atom stereocenters. The van der Waals surface area contributed by atoms with E-state index in [0.717, 1.165) is 81.4 Å². The van der Waals surface area contributed by atoms with E-state index in [2.05, 4.69) is 20.9 Å². The van der Waals surface area contributed by atoms with Crippen LogP contribution in [0.3, 0.4) is 0 Å². The molecule has 246 valence electrons.